The average Bonchev–Trinajstić information content (AvgIpc) is 3.18. The number of alkyl halides is 3. The van der Waals surface area contributed by atoms with Crippen molar-refractivity contribution in [3.63, 3.8) is 0 Å². The van der Waals surface area contributed by atoms with Gasteiger partial charge in [-0.05, 0) is 50.9 Å². The molecular weight excluding hydrogens is 401 g/mol. The zero-order valence-corrected chi connectivity index (χ0v) is 17.0. The third-order valence-electron chi connectivity index (χ3n) is 6.12. The second-order valence-corrected chi connectivity index (χ2v) is 7.89. The molecule has 0 spiro atoms. The van der Waals surface area contributed by atoms with Crippen LogP contribution in [-0.4, -0.2) is 54.5 Å². The minimum absolute atomic E-state index is 0.0143. The Labute approximate surface area is 173 Å². The summed E-state index contributed by atoms with van der Waals surface area (Å²) in [5.41, 5.74) is -1.44. The van der Waals surface area contributed by atoms with Crippen molar-refractivity contribution in [2.75, 3.05) is 37.6 Å². The molecule has 10 heteroatoms. The molecule has 2 saturated heterocycles. The summed E-state index contributed by atoms with van der Waals surface area (Å²) in [6.45, 7) is 5.52. The molecule has 166 valence electrons. The van der Waals surface area contributed by atoms with Gasteiger partial charge in [-0.2, -0.15) is 13.2 Å². The molecule has 1 unspecified atom stereocenters. The number of carbonyl (C=O) groups is 1. The number of piperidine rings is 1. The lowest BCUT2D eigenvalue weighted by Crippen LogP contribution is -2.45. The number of hydrogen-bond donors (Lipinski definition) is 1. The molecule has 1 aromatic rings. The predicted molar refractivity (Wildman–Crippen MR) is 106 cm³/mol. The Morgan fingerprint density at radius 3 is 2.53 bits per heavy atom. The number of benzene rings is 1. The number of nitrogens with zero attached hydrogens (tertiary/aromatic N) is 3. The minimum Gasteiger partial charge on any atom is -0.366 e. The van der Waals surface area contributed by atoms with Crippen LogP contribution in [0.1, 0.15) is 38.2 Å². The standard InChI is InChI=1S/C20H27F3N4O3/c1-2-25-9-3-4-16(25)13-24-19(28)14-7-10-26(11-8-14)17-6-5-15(20(21,22)23)12-18(17)27(29)30/h5-6,12,14,16H,2-4,7-11,13H2,1H3,(H,24,28). The van der Waals surface area contributed by atoms with Gasteiger partial charge in [-0.25, -0.2) is 0 Å². The molecule has 3 rings (SSSR count). The van der Waals surface area contributed by atoms with E-state index in [0.29, 0.717) is 44.6 Å². The summed E-state index contributed by atoms with van der Waals surface area (Å²) in [6, 6.07) is 2.96. The van der Waals surface area contributed by atoms with E-state index in [1.54, 1.807) is 4.90 Å². The monoisotopic (exact) mass is 428 g/mol. The number of hydrogen-bond acceptors (Lipinski definition) is 5. The van der Waals surface area contributed by atoms with Gasteiger partial charge in [0.1, 0.15) is 5.69 Å². The number of nitro groups is 1. The summed E-state index contributed by atoms with van der Waals surface area (Å²) < 4.78 is 38.7. The topological polar surface area (TPSA) is 78.7 Å². The fourth-order valence-electron chi connectivity index (χ4n) is 4.40. The van der Waals surface area contributed by atoms with E-state index in [2.05, 4.69) is 17.1 Å². The Kier molecular flexibility index (Phi) is 6.84. The summed E-state index contributed by atoms with van der Waals surface area (Å²) >= 11 is 0. The van der Waals surface area contributed by atoms with Crippen LogP contribution in [0.3, 0.4) is 0 Å². The highest BCUT2D eigenvalue weighted by Crippen LogP contribution is 2.37. The maximum Gasteiger partial charge on any atom is 0.416 e. The number of nitro benzene ring substituents is 1. The molecule has 1 aromatic carbocycles. The maximum atomic E-state index is 12.9. The number of rotatable bonds is 6. The van der Waals surface area contributed by atoms with Crippen molar-refractivity contribution in [3.05, 3.63) is 33.9 Å². The molecule has 0 bridgehead atoms. The fourth-order valence-corrected chi connectivity index (χ4v) is 4.40. The largest absolute Gasteiger partial charge is 0.416 e. The van der Waals surface area contributed by atoms with Gasteiger partial charge in [0.15, 0.2) is 0 Å². The Bertz CT molecular complexity index is 779. The van der Waals surface area contributed by atoms with Crippen LogP contribution in [0.4, 0.5) is 24.5 Å². The number of anilines is 1. The first-order chi connectivity index (χ1) is 14.2. The summed E-state index contributed by atoms with van der Waals surface area (Å²) in [5, 5.41) is 14.4. The van der Waals surface area contributed by atoms with E-state index in [9.17, 15) is 28.1 Å². The summed E-state index contributed by atoms with van der Waals surface area (Å²) in [5.74, 6) is -0.203. The van der Waals surface area contributed by atoms with Crippen LogP contribution in [0.25, 0.3) is 0 Å². The van der Waals surface area contributed by atoms with Crippen LogP contribution in [0, 0.1) is 16.0 Å². The molecule has 1 atom stereocenters. The van der Waals surface area contributed by atoms with Crippen LogP contribution in [-0.2, 0) is 11.0 Å². The van der Waals surface area contributed by atoms with E-state index in [-0.39, 0.29) is 17.5 Å². The lowest BCUT2D eigenvalue weighted by Gasteiger charge is -2.33. The van der Waals surface area contributed by atoms with Crippen molar-refractivity contribution in [1.29, 1.82) is 0 Å². The lowest BCUT2D eigenvalue weighted by molar-refractivity contribution is -0.384. The zero-order chi connectivity index (χ0) is 21.9. The van der Waals surface area contributed by atoms with E-state index in [1.807, 2.05) is 0 Å². The van der Waals surface area contributed by atoms with Crippen LogP contribution in [0.5, 0.6) is 0 Å². The molecule has 2 aliphatic rings. The van der Waals surface area contributed by atoms with Crippen molar-refractivity contribution in [1.82, 2.24) is 10.2 Å². The molecule has 0 aliphatic carbocycles. The van der Waals surface area contributed by atoms with E-state index in [4.69, 9.17) is 0 Å². The zero-order valence-electron chi connectivity index (χ0n) is 17.0. The van der Waals surface area contributed by atoms with Gasteiger partial charge in [-0.15, -0.1) is 0 Å². The third kappa shape index (κ3) is 5.03. The first kappa shape index (κ1) is 22.3. The molecule has 0 radical (unpaired) electrons. The van der Waals surface area contributed by atoms with Gasteiger partial charge < -0.3 is 10.2 Å². The Hall–Kier alpha value is -2.36. The van der Waals surface area contributed by atoms with Crippen LogP contribution < -0.4 is 10.2 Å². The van der Waals surface area contributed by atoms with E-state index in [0.717, 1.165) is 38.1 Å². The smallest absolute Gasteiger partial charge is 0.366 e. The molecule has 1 amide bonds. The SMILES string of the molecule is CCN1CCCC1CNC(=O)C1CCN(c2ccc(C(F)(F)F)cc2[N+](=O)[O-])CC1. The summed E-state index contributed by atoms with van der Waals surface area (Å²) in [6.07, 6.45) is -1.41. The Morgan fingerprint density at radius 2 is 1.93 bits per heavy atom. The molecule has 2 fully saturated rings. The first-order valence-electron chi connectivity index (χ1n) is 10.3. The number of halogens is 3. The number of likely N-dealkylation sites (tertiary alicyclic amines) is 1. The molecule has 2 heterocycles. The van der Waals surface area contributed by atoms with E-state index >= 15 is 0 Å². The molecule has 1 N–H and O–H groups in total. The highest BCUT2D eigenvalue weighted by molar-refractivity contribution is 5.79. The van der Waals surface area contributed by atoms with Crippen molar-refractivity contribution in [2.45, 2.75) is 44.8 Å². The minimum atomic E-state index is -4.64. The molecule has 2 aliphatic heterocycles. The third-order valence-corrected chi connectivity index (χ3v) is 6.12. The highest BCUT2D eigenvalue weighted by atomic mass is 19.4. The number of nitrogens with one attached hydrogen (secondary N) is 1. The highest BCUT2D eigenvalue weighted by Gasteiger charge is 2.35. The number of amides is 1. The van der Waals surface area contributed by atoms with Gasteiger partial charge in [0, 0.05) is 37.7 Å². The van der Waals surface area contributed by atoms with Crippen molar-refractivity contribution in [2.24, 2.45) is 5.92 Å². The molecule has 0 aromatic heterocycles. The molecule has 7 nitrogen and oxygen atoms in total. The molecular formula is C20H27F3N4O3. The molecule has 0 saturated carbocycles. The lowest BCUT2D eigenvalue weighted by atomic mass is 9.95. The van der Waals surface area contributed by atoms with Gasteiger partial charge in [-0.1, -0.05) is 6.92 Å². The average molecular weight is 428 g/mol. The first-order valence-corrected chi connectivity index (χ1v) is 10.3. The van der Waals surface area contributed by atoms with Gasteiger partial charge >= 0.3 is 6.18 Å². The quantitative estimate of drug-likeness (QED) is 0.555. The van der Waals surface area contributed by atoms with E-state index < -0.39 is 22.4 Å². The number of carbonyl (C=O) groups excluding carboxylic acids is 1. The van der Waals surface area contributed by atoms with Crippen LogP contribution in [0.2, 0.25) is 0 Å². The van der Waals surface area contributed by atoms with Crippen molar-refractivity contribution < 1.29 is 22.9 Å². The van der Waals surface area contributed by atoms with Crippen LogP contribution in [0.15, 0.2) is 18.2 Å². The van der Waals surface area contributed by atoms with Gasteiger partial charge in [0.25, 0.3) is 5.69 Å². The van der Waals surface area contributed by atoms with Crippen LogP contribution >= 0.6 is 0 Å². The van der Waals surface area contributed by atoms with Gasteiger partial charge in [0.2, 0.25) is 5.91 Å². The second kappa shape index (κ2) is 9.20. The molecule has 30 heavy (non-hydrogen) atoms. The Balaban J connectivity index is 1.58. The Morgan fingerprint density at radius 1 is 1.23 bits per heavy atom. The van der Waals surface area contributed by atoms with Crippen molar-refractivity contribution >= 4 is 17.3 Å². The summed E-state index contributed by atoms with van der Waals surface area (Å²) in [4.78, 5) is 27.1. The fraction of sp³-hybridized carbons (Fsp3) is 0.650. The normalized spacial score (nSPS) is 21.1. The summed E-state index contributed by atoms with van der Waals surface area (Å²) in [7, 11) is 0. The van der Waals surface area contributed by atoms with Gasteiger partial charge in [-0.3, -0.25) is 19.8 Å². The second-order valence-electron chi connectivity index (χ2n) is 7.89. The number of likely N-dealkylation sites (N-methyl/N-ethyl adjacent to an activating group) is 1. The van der Waals surface area contributed by atoms with Crippen molar-refractivity contribution in [3.8, 4) is 0 Å². The maximum absolute atomic E-state index is 12.9. The van der Waals surface area contributed by atoms with Gasteiger partial charge in [0.05, 0.1) is 10.5 Å². The predicted octanol–water partition coefficient (Wildman–Crippen LogP) is 3.43. The van der Waals surface area contributed by atoms with E-state index in [1.165, 1.54) is 0 Å².